The molecule has 1 amide bonds. The van der Waals surface area contributed by atoms with Gasteiger partial charge in [0.15, 0.2) is 0 Å². The maximum absolute atomic E-state index is 12.5. The van der Waals surface area contributed by atoms with Crippen LogP contribution in [-0.2, 0) is 0 Å². The Labute approximate surface area is 124 Å². The number of carbonyl (C=O) groups is 1. The van der Waals surface area contributed by atoms with Crippen molar-refractivity contribution in [2.75, 3.05) is 13.1 Å². The van der Waals surface area contributed by atoms with E-state index in [0.717, 1.165) is 13.0 Å². The number of hydrogen-bond acceptors (Lipinski definition) is 4. The molecule has 0 aliphatic carbocycles. The predicted octanol–water partition coefficient (Wildman–Crippen LogP) is 2.42. The van der Waals surface area contributed by atoms with Crippen LogP contribution in [0.5, 0.6) is 0 Å². The molecule has 0 aromatic carbocycles. The van der Waals surface area contributed by atoms with Crippen LogP contribution in [0.2, 0.25) is 0 Å². The Morgan fingerprint density at radius 3 is 2.95 bits per heavy atom. The van der Waals surface area contributed by atoms with Crippen molar-refractivity contribution in [1.82, 2.24) is 15.6 Å². The molecule has 2 N–H and O–H groups in total. The zero-order valence-electron chi connectivity index (χ0n) is 11.4. The largest absolute Gasteiger partial charge is 0.447 e. The lowest BCUT2D eigenvalue weighted by Gasteiger charge is -2.30. The molecule has 116 valence electrons. The summed E-state index contributed by atoms with van der Waals surface area (Å²) < 4.78 is 37.5. The van der Waals surface area contributed by atoms with Crippen LogP contribution in [0.4, 0.5) is 13.2 Å². The van der Waals surface area contributed by atoms with Crippen LogP contribution in [0.1, 0.15) is 23.7 Å². The monoisotopic (exact) mass is 319 g/mol. The summed E-state index contributed by atoms with van der Waals surface area (Å²) in [4.78, 5) is 15.9. The van der Waals surface area contributed by atoms with Crippen LogP contribution in [0.15, 0.2) is 23.4 Å². The smallest absolute Gasteiger partial charge is 0.348 e. The molecule has 0 bridgehead atoms. The first-order valence-electron chi connectivity index (χ1n) is 6.59. The number of amides is 1. The molecule has 2 heterocycles. The lowest BCUT2D eigenvalue weighted by molar-refractivity contribution is -0.0329. The van der Waals surface area contributed by atoms with Gasteiger partial charge in [0.2, 0.25) is 0 Å². The number of nitrogens with zero attached hydrogens (tertiary/aromatic N) is 1. The molecule has 4 nitrogen and oxygen atoms in total. The SMILES string of the molecule is CC1CCNCC1NC(=O)c1cccnc1SC(F)(F)F. The van der Waals surface area contributed by atoms with Crippen LogP contribution in [-0.4, -0.2) is 35.5 Å². The van der Waals surface area contributed by atoms with Crippen LogP contribution >= 0.6 is 11.8 Å². The Morgan fingerprint density at radius 2 is 2.29 bits per heavy atom. The van der Waals surface area contributed by atoms with Crippen LogP contribution in [0, 0.1) is 5.92 Å². The lowest BCUT2D eigenvalue weighted by Crippen LogP contribution is -2.50. The van der Waals surface area contributed by atoms with Gasteiger partial charge in [0, 0.05) is 30.5 Å². The first-order chi connectivity index (χ1) is 9.87. The van der Waals surface area contributed by atoms with E-state index < -0.39 is 11.4 Å². The molecule has 21 heavy (non-hydrogen) atoms. The minimum absolute atomic E-state index is 0.0439. The number of pyridine rings is 1. The maximum atomic E-state index is 12.5. The molecular formula is C13H16F3N3OS. The number of nitrogens with one attached hydrogen (secondary N) is 2. The highest BCUT2D eigenvalue weighted by molar-refractivity contribution is 8.00. The molecule has 0 saturated carbocycles. The average Bonchev–Trinajstić information content (AvgIpc) is 2.40. The molecule has 8 heteroatoms. The first kappa shape index (κ1) is 16.1. The standard InChI is InChI=1S/C13H16F3N3OS/c1-8-4-6-17-7-10(8)19-11(20)9-3-2-5-18-12(9)21-13(14,15)16/h2-3,5,8,10,17H,4,6-7H2,1H3,(H,19,20). The van der Waals surface area contributed by atoms with Gasteiger partial charge in [-0.1, -0.05) is 6.92 Å². The Balaban J connectivity index is 2.11. The summed E-state index contributed by atoms with van der Waals surface area (Å²) in [5, 5.41) is 5.63. The van der Waals surface area contributed by atoms with Gasteiger partial charge < -0.3 is 10.6 Å². The highest BCUT2D eigenvalue weighted by atomic mass is 32.2. The predicted molar refractivity (Wildman–Crippen MR) is 74.1 cm³/mol. The number of carbonyl (C=O) groups excluding carboxylic acids is 1. The van der Waals surface area contributed by atoms with Gasteiger partial charge in [0.05, 0.1) is 5.56 Å². The summed E-state index contributed by atoms with van der Waals surface area (Å²) in [6, 6.07) is 2.73. The van der Waals surface area contributed by atoms with Crippen molar-refractivity contribution in [1.29, 1.82) is 0 Å². The molecule has 1 fully saturated rings. The van der Waals surface area contributed by atoms with E-state index in [1.807, 2.05) is 6.92 Å². The van der Waals surface area contributed by atoms with Crippen molar-refractivity contribution in [2.45, 2.75) is 29.9 Å². The van der Waals surface area contributed by atoms with E-state index in [9.17, 15) is 18.0 Å². The van der Waals surface area contributed by atoms with E-state index in [-0.39, 0.29) is 34.3 Å². The van der Waals surface area contributed by atoms with Gasteiger partial charge in [-0.3, -0.25) is 4.79 Å². The minimum Gasteiger partial charge on any atom is -0.348 e. The summed E-state index contributed by atoms with van der Waals surface area (Å²) in [5.74, 6) is -0.235. The fourth-order valence-electron chi connectivity index (χ4n) is 2.18. The molecule has 1 aromatic heterocycles. The summed E-state index contributed by atoms with van der Waals surface area (Å²) >= 11 is -0.369. The number of thioether (sulfide) groups is 1. The quantitative estimate of drug-likeness (QED) is 0.840. The third kappa shape index (κ3) is 4.60. The van der Waals surface area contributed by atoms with Crippen LogP contribution in [0.25, 0.3) is 0 Å². The Hall–Kier alpha value is -1.28. The van der Waals surface area contributed by atoms with Gasteiger partial charge in [0.25, 0.3) is 5.91 Å². The van der Waals surface area contributed by atoms with Crippen molar-refractivity contribution < 1.29 is 18.0 Å². The molecule has 2 atom stereocenters. The van der Waals surface area contributed by atoms with Crippen molar-refractivity contribution >= 4 is 17.7 Å². The fourth-order valence-corrected chi connectivity index (χ4v) is 2.79. The number of hydrogen-bond donors (Lipinski definition) is 2. The molecule has 0 radical (unpaired) electrons. The van der Waals surface area contributed by atoms with Gasteiger partial charge >= 0.3 is 5.51 Å². The van der Waals surface area contributed by atoms with E-state index in [4.69, 9.17) is 0 Å². The molecule has 1 aromatic rings. The van der Waals surface area contributed by atoms with Crippen molar-refractivity contribution in [2.24, 2.45) is 5.92 Å². The van der Waals surface area contributed by atoms with Crippen molar-refractivity contribution in [3.05, 3.63) is 23.9 Å². The highest BCUT2D eigenvalue weighted by Gasteiger charge is 2.33. The zero-order chi connectivity index (χ0) is 15.5. The summed E-state index contributed by atoms with van der Waals surface area (Å²) in [7, 11) is 0. The second kappa shape index (κ2) is 6.65. The average molecular weight is 319 g/mol. The van der Waals surface area contributed by atoms with Crippen molar-refractivity contribution in [3.63, 3.8) is 0 Å². The van der Waals surface area contributed by atoms with Crippen molar-refractivity contribution in [3.8, 4) is 0 Å². The van der Waals surface area contributed by atoms with Gasteiger partial charge in [-0.2, -0.15) is 13.2 Å². The molecule has 2 rings (SSSR count). The fraction of sp³-hybridized carbons (Fsp3) is 0.538. The first-order valence-corrected chi connectivity index (χ1v) is 7.41. The molecule has 2 unspecified atom stereocenters. The molecular weight excluding hydrogens is 303 g/mol. The van der Waals surface area contributed by atoms with E-state index in [1.165, 1.54) is 18.3 Å². The van der Waals surface area contributed by atoms with E-state index >= 15 is 0 Å². The lowest BCUT2D eigenvalue weighted by atomic mass is 9.94. The topological polar surface area (TPSA) is 54.0 Å². The second-order valence-electron chi connectivity index (χ2n) is 4.95. The molecule has 1 aliphatic heterocycles. The van der Waals surface area contributed by atoms with E-state index in [0.29, 0.717) is 6.54 Å². The molecule has 1 aliphatic rings. The number of alkyl halides is 3. The van der Waals surface area contributed by atoms with Gasteiger partial charge in [0.1, 0.15) is 5.03 Å². The third-order valence-corrected chi connectivity index (χ3v) is 4.12. The van der Waals surface area contributed by atoms with Crippen LogP contribution in [0.3, 0.4) is 0 Å². The normalized spacial score (nSPS) is 22.9. The molecule has 0 spiro atoms. The number of halogens is 3. The minimum atomic E-state index is -4.47. The maximum Gasteiger partial charge on any atom is 0.447 e. The van der Waals surface area contributed by atoms with E-state index in [1.54, 1.807) is 0 Å². The second-order valence-corrected chi connectivity index (χ2v) is 6.01. The number of piperidine rings is 1. The summed E-state index contributed by atoms with van der Waals surface area (Å²) in [5.41, 5.74) is -4.51. The highest BCUT2D eigenvalue weighted by Crippen LogP contribution is 2.37. The summed E-state index contributed by atoms with van der Waals surface area (Å²) in [6.45, 7) is 3.52. The molecule has 1 saturated heterocycles. The van der Waals surface area contributed by atoms with Gasteiger partial charge in [-0.15, -0.1) is 0 Å². The Morgan fingerprint density at radius 1 is 1.52 bits per heavy atom. The Bertz CT molecular complexity index is 510. The number of aromatic nitrogens is 1. The third-order valence-electron chi connectivity index (χ3n) is 3.37. The summed E-state index contributed by atoms with van der Waals surface area (Å²) in [6.07, 6.45) is 2.16. The van der Waals surface area contributed by atoms with Gasteiger partial charge in [-0.05, 0) is 31.0 Å². The number of rotatable bonds is 3. The van der Waals surface area contributed by atoms with Crippen LogP contribution < -0.4 is 10.6 Å². The Kier molecular flexibility index (Phi) is 5.10. The zero-order valence-corrected chi connectivity index (χ0v) is 12.2. The van der Waals surface area contributed by atoms with E-state index in [2.05, 4.69) is 15.6 Å². The van der Waals surface area contributed by atoms with Gasteiger partial charge in [-0.25, -0.2) is 4.98 Å².